The minimum Gasteiger partial charge on any atom is -0.444 e. The van der Waals surface area contributed by atoms with Gasteiger partial charge in [0.1, 0.15) is 11.3 Å². The number of carbonyl (C=O) groups is 2. The fraction of sp³-hybridized carbons (Fsp3) is 0.471. The normalized spacial score (nSPS) is 10.3. The first-order chi connectivity index (χ1) is 10.7. The van der Waals surface area contributed by atoms with E-state index in [1.165, 1.54) is 0 Å². The van der Waals surface area contributed by atoms with Gasteiger partial charge in [-0.25, -0.2) is 9.78 Å². The number of ether oxygens (including phenoxy) is 1. The summed E-state index contributed by atoms with van der Waals surface area (Å²) in [7, 11) is 1.58. The Kier molecular flexibility index (Phi) is 6.58. The van der Waals surface area contributed by atoms with Gasteiger partial charge in [-0.2, -0.15) is 0 Å². The molecule has 0 aliphatic carbocycles. The Morgan fingerprint density at radius 2 is 2.00 bits per heavy atom. The predicted molar refractivity (Wildman–Crippen MR) is 88.1 cm³/mol. The van der Waals surface area contributed by atoms with Gasteiger partial charge in [0, 0.05) is 20.0 Å². The highest BCUT2D eigenvalue weighted by Crippen LogP contribution is 2.07. The van der Waals surface area contributed by atoms with Crippen molar-refractivity contribution in [1.29, 1.82) is 0 Å². The molecule has 0 spiro atoms. The van der Waals surface area contributed by atoms with E-state index in [1.54, 1.807) is 26.1 Å². The number of aromatic nitrogens is 1. The Bertz CT molecular complexity index is 637. The summed E-state index contributed by atoms with van der Waals surface area (Å²) in [6.45, 7) is 7.59. The smallest absolute Gasteiger partial charge is 0.407 e. The van der Waals surface area contributed by atoms with E-state index < -0.39 is 11.7 Å². The summed E-state index contributed by atoms with van der Waals surface area (Å²) in [4.78, 5) is 27.3. The first-order valence-corrected chi connectivity index (χ1v) is 7.38. The van der Waals surface area contributed by atoms with Crippen molar-refractivity contribution in [3.8, 4) is 11.8 Å². The van der Waals surface area contributed by atoms with E-state index >= 15 is 0 Å². The van der Waals surface area contributed by atoms with Gasteiger partial charge in [-0.15, -0.1) is 0 Å². The van der Waals surface area contributed by atoms with Crippen molar-refractivity contribution in [2.75, 3.05) is 13.6 Å². The molecule has 0 aromatic carbocycles. The van der Waals surface area contributed by atoms with Crippen LogP contribution in [-0.2, 0) is 4.74 Å². The van der Waals surface area contributed by atoms with Crippen LogP contribution < -0.4 is 10.6 Å². The van der Waals surface area contributed by atoms with Crippen LogP contribution in [0.4, 0.5) is 4.79 Å². The molecule has 2 N–H and O–H groups in total. The van der Waals surface area contributed by atoms with Crippen LogP contribution in [0, 0.1) is 18.8 Å². The Labute approximate surface area is 137 Å². The van der Waals surface area contributed by atoms with Crippen LogP contribution in [0.3, 0.4) is 0 Å². The molecule has 0 fully saturated rings. The standard InChI is InChI=1S/C17H23N3O3/c1-12-14(15(21)18-5)10-9-13(20-12)8-6-7-11-19-16(22)23-17(2,3)4/h9-10H,7,11H2,1-5H3,(H,18,21)(H,19,22). The number of nitrogens with one attached hydrogen (secondary N) is 2. The van der Waals surface area contributed by atoms with Crippen LogP contribution >= 0.6 is 0 Å². The van der Waals surface area contributed by atoms with Gasteiger partial charge in [0.05, 0.1) is 11.3 Å². The van der Waals surface area contributed by atoms with E-state index in [0.29, 0.717) is 29.9 Å². The average molecular weight is 317 g/mol. The first-order valence-electron chi connectivity index (χ1n) is 7.38. The van der Waals surface area contributed by atoms with Gasteiger partial charge in [-0.3, -0.25) is 4.79 Å². The van der Waals surface area contributed by atoms with Crippen LogP contribution in [0.1, 0.15) is 48.9 Å². The van der Waals surface area contributed by atoms with Gasteiger partial charge >= 0.3 is 6.09 Å². The molecule has 0 radical (unpaired) electrons. The molecule has 0 unspecified atom stereocenters. The van der Waals surface area contributed by atoms with E-state index in [4.69, 9.17) is 4.74 Å². The van der Waals surface area contributed by atoms with Gasteiger partial charge in [-0.05, 0) is 45.7 Å². The van der Waals surface area contributed by atoms with Crippen molar-refractivity contribution in [1.82, 2.24) is 15.6 Å². The van der Waals surface area contributed by atoms with Gasteiger partial charge in [-0.1, -0.05) is 5.92 Å². The Hall–Kier alpha value is -2.55. The monoisotopic (exact) mass is 317 g/mol. The third-order valence-electron chi connectivity index (χ3n) is 2.69. The number of aryl methyl sites for hydroxylation is 1. The highest BCUT2D eigenvalue weighted by Gasteiger charge is 2.15. The highest BCUT2D eigenvalue weighted by atomic mass is 16.6. The van der Waals surface area contributed by atoms with E-state index in [-0.39, 0.29) is 5.91 Å². The molecule has 0 aliphatic heterocycles. The second kappa shape index (κ2) is 8.18. The summed E-state index contributed by atoms with van der Waals surface area (Å²) in [5, 5.41) is 5.19. The molecular formula is C17H23N3O3. The number of hydrogen-bond acceptors (Lipinski definition) is 4. The van der Waals surface area contributed by atoms with Gasteiger partial charge in [0.2, 0.25) is 0 Å². The van der Waals surface area contributed by atoms with Crippen molar-refractivity contribution >= 4 is 12.0 Å². The molecule has 0 saturated carbocycles. The minimum atomic E-state index is -0.510. The lowest BCUT2D eigenvalue weighted by atomic mass is 10.1. The second-order valence-electron chi connectivity index (χ2n) is 5.89. The zero-order chi connectivity index (χ0) is 17.5. The zero-order valence-corrected chi connectivity index (χ0v) is 14.2. The fourth-order valence-electron chi connectivity index (χ4n) is 1.70. The number of pyridine rings is 1. The first kappa shape index (κ1) is 18.5. The van der Waals surface area contributed by atoms with Gasteiger partial charge in [0.25, 0.3) is 5.91 Å². The number of rotatable bonds is 3. The third-order valence-corrected chi connectivity index (χ3v) is 2.69. The van der Waals surface area contributed by atoms with Crippen LogP contribution in [0.15, 0.2) is 12.1 Å². The molecule has 1 heterocycles. The van der Waals surface area contributed by atoms with E-state index in [2.05, 4.69) is 27.5 Å². The topological polar surface area (TPSA) is 80.3 Å². The molecular weight excluding hydrogens is 294 g/mol. The number of hydrogen-bond donors (Lipinski definition) is 2. The molecule has 1 aromatic rings. The molecule has 0 saturated heterocycles. The molecule has 0 aliphatic rings. The zero-order valence-electron chi connectivity index (χ0n) is 14.2. The largest absolute Gasteiger partial charge is 0.444 e. The summed E-state index contributed by atoms with van der Waals surface area (Å²) in [6, 6.07) is 3.40. The van der Waals surface area contributed by atoms with Crippen molar-refractivity contribution in [2.45, 2.75) is 39.7 Å². The fourth-order valence-corrected chi connectivity index (χ4v) is 1.70. The number of nitrogens with zero attached hydrogens (tertiary/aromatic N) is 1. The summed E-state index contributed by atoms with van der Waals surface area (Å²) in [6.07, 6.45) is 0.0279. The minimum absolute atomic E-state index is 0.170. The number of alkyl carbamates (subject to hydrolysis) is 1. The molecule has 1 rings (SSSR count). The van der Waals surface area contributed by atoms with E-state index in [0.717, 1.165) is 0 Å². The van der Waals surface area contributed by atoms with Crippen molar-refractivity contribution in [3.05, 3.63) is 29.1 Å². The lowest BCUT2D eigenvalue weighted by molar-refractivity contribution is 0.0529. The lowest BCUT2D eigenvalue weighted by Gasteiger charge is -2.19. The SMILES string of the molecule is CNC(=O)c1ccc(C#CCCNC(=O)OC(C)(C)C)nc1C. The summed E-state index contributed by atoms with van der Waals surface area (Å²) < 4.78 is 5.12. The summed E-state index contributed by atoms with van der Waals surface area (Å²) >= 11 is 0. The molecule has 23 heavy (non-hydrogen) atoms. The second-order valence-corrected chi connectivity index (χ2v) is 5.89. The van der Waals surface area contributed by atoms with Crippen LogP contribution in [0.25, 0.3) is 0 Å². The number of amides is 2. The Morgan fingerprint density at radius 3 is 2.57 bits per heavy atom. The van der Waals surface area contributed by atoms with Crippen LogP contribution in [0.5, 0.6) is 0 Å². The quantitative estimate of drug-likeness (QED) is 0.660. The molecule has 6 nitrogen and oxygen atoms in total. The molecule has 0 atom stereocenters. The maximum Gasteiger partial charge on any atom is 0.407 e. The predicted octanol–water partition coefficient (Wildman–Crippen LogP) is 2.02. The molecule has 6 heteroatoms. The molecule has 2 amide bonds. The lowest BCUT2D eigenvalue weighted by Crippen LogP contribution is -2.32. The Balaban J connectivity index is 2.50. The molecule has 0 bridgehead atoms. The molecule has 1 aromatic heterocycles. The van der Waals surface area contributed by atoms with Crippen molar-refractivity contribution in [2.24, 2.45) is 0 Å². The summed E-state index contributed by atoms with van der Waals surface area (Å²) in [5.74, 6) is 5.66. The maximum atomic E-state index is 11.6. The van der Waals surface area contributed by atoms with Gasteiger partial charge in [0.15, 0.2) is 0 Å². The molecule has 124 valence electrons. The summed E-state index contributed by atoms with van der Waals surface area (Å²) in [5.41, 5.74) is 1.24. The van der Waals surface area contributed by atoms with Crippen molar-refractivity contribution in [3.63, 3.8) is 0 Å². The Morgan fingerprint density at radius 1 is 1.30 bits per heavy atom. The van der Waals surface area contributed by atoms with E-state index in [9.17, 15) is 9.59 Å². The maximum absolute atomic E-state index is 11.6. The van der Waals surface area contributed by atoms with Crippen molar-refractivity contribution < 1.29 is 14.3 Å². The average Bonchev–Trinajstić information content (AvgIpc) is 2.44. The number of carbonyl (C=O) groups excluding carboxylic acids is 2. The third kappa shape index (κ3) is 6.83. The van der Waals surface area contributed by atoms with Crippen LogP contribution in [0.2, 0.25) is 0 Å². The van der Waals surface area contributed by atoms with E-state index in [1.807, 2.05) is 20.8 Å². The van der Waals surface area contributed by atoms with Gasteiger partial charge < -0.3 is 15.4 Å². The highest BCUT2D eigenvalue weighted by molar-refractivity contribution is 5.95. The van der Waals surface area contributed by atoms with Crippen LogP contribution in [-0.4, -0.2) is 36.2 Å².